The van der Waals surface area contributed by atoms with Crippen molar-refractivity contribution in [3.63, 3.8) is 0 Å². The predicted octanol–water partition coefficient (Wildman–Crippen LogP) is 1.10. The zero-order chi connectivity index (χ0) is 11.1. The van der Waals surface area contributed by atoms with E-state index < -0.39 is 0 Å². The molecule has 0 aromatic heterocycles. The van der Waals surface area contributed by atoms with Gasteiger partial charge in [0.05, 0.1) is 19.3 Å². The third kappa shape index (κ3) is 3.58. The summed E-state index contributed by atoms with van der Waals surface area (Å²) < 4.78 is 18.2. The molecule has 84 valence electrons. The number of nitrogens with one attached hydrogen (secondary N) is 1. The van der Waals surface area contributed by atoms with Gasteiger partial charge in [-0.1, -0.05) is 18.2 Å². The number of ether oxygens (including phenoxy) is 1. The van der Waals surface area contributed by atoms with Gasteiger partial charge in [-0.3, -0.25) is 0 Å². The summed E-state index contributed by atoms with van der Waals surface area (Å²) in [4.78, 5) is 0. The van der Waals surface area contributed by atoms with Gasteiger partial charge in [-0.2, -0.15) is 0 Å². The summed E-state index contributed by atoms with van der Waals surface area (Å²) >= 11 is 0. The highest BCUT2D eigenvalue weighted by molar-refractivity contribution is 5.21. The van der Waals surface area contributed by atoms with Gasteiger partial charge in [0.25, 0.3) is 0 Å². The van der Waals surface area contributed by atoms with Gasteiger partial charge in [0.1, 0.15) is 5.82 Å². The normalized spacial score (nSPS) is 12.7. The number of hydrogen-bond donors (Lipinski definition) is 2. The Kier molecular flexibility index (Phi) is 5.25. The van der Waals surface area contributed by atoms with E-state index in [1.807, 2.05) is 0 Å². The van der Waals surface area contributed by atoms with Crippen LogP contribution in [0.1, 0.15) is 11.6 Å². The molecule has 0 saturated carbocycles. The first-order chi connectivity index (χ1) is 7.29. The third-order valence-electron chi connectivity index (χ3n) is 2.16. The topological polar surface area (TPSA) is 41.5 Å². The Morgan fingerprint density at radius 1 is 1.47 bits per heavy atom. The number of rotatable bonds is 6. The standard InChI is InChI=1S/C11H16FNO2/c1-15-7-6-13-11(8-14)9-4-2-3-5-10(9)12/h2-5,11,13-14H,6-8H2,1H3. The van der Waals surface area contributed by atoms with Crippen LogP contribution >= 0.6 is 0 Å². The maximum Gasteiger partial charge on any atom is 0.128 e. The van der Waals surface area contributed by atoms with Crippen molar-refractivity contribution < 1.29 is 14.2 Å². The molecule has 1 rings (SSSR count). The lowest BCUT2D eigenvalue weighted by Gasteiger charge is -2.16. The molecule has 1 atom stereocenters. The maximum atomic E-state index is 13.4. The van der Waals surface area contributed by atoms with Gasteiger partial charge in [0, 0.05) is 19.2 Å². The Morgan fingerprint density at radius 2 is 2.20 bits per heavy atom. The van der Waals surface area contributed by atoms with Crippen molar-refractivity contribution >= 4 is 0 Å². The largest absolute Gasteiger partial charge is 0.394 e. The molecule has 2 N–H and O–H groups in total. The lowest BCUT2D eigenvalue weighted by atomic mass is 10.1. The van der Waals surface area contributed by atoms with Crippen LogP contribution in [0.3, 0.4) is 0 Å². The van der Waals surface area contributed by atoms with Crippen LogP contribution < -0.4 is 5.32 Å². The van der Waals surface area contributed by atoms with Crippen molar-refractivity contribution in [3.8, 4) is 0 Å². The van der Waals surface area contributed by atoms with E-state index in [0.29, 0.717) is 18.7 Å². The molecule has 0 saturated heterocycles. The van der Waals surface area contributed by atoms with Gasteiger partial charge in [-0.15, -0.1) is 0 Å². The second-order valence-electron chi connectivity index (χ2n) is 3.20. The molecule has 1 aromatic rings. The van der Waals surface area contributed by atoms with Crippen molar-refractivity contribution in [2.24, 2.45) is 0 Å². The van der Waals surface area contributed by atoms with Gasteiger partial charge >= 0.3 is 0 Å². The Bertz CT molecular complexity index is 294. The van der Waals surface area contributed by atoms with Crippen LogP contribution in [0.15, 0.2) is 24.3 Å². The van der Waals surface area contributed by atoms with Gasteiger partial charge < -0.3 is 15.2 Å². The molecule has 0 radical (unpaired) electrons. The minimum Gasteiger partial charge on any atom is -0.394 e. The van der Waals surface area contributed by atoms with Crippen LogP contribution in [0.4, 0.5) is 4.39 Å². The molecule has 0 aliphatic rings. The number of aliphatic hydroxyl groups excluding tert-OH is 1. The summed E-state index contributed by atoms with van der Waals surface area (Å²) in [6, 6.07) is 6.05. The maximum absolute atomic E-state index is 13.4. The van der Waals surface area contributed by atoms with Crippen molar-refractivity contribution in [1.29, 1.82) is 0 Å². The number of methoxy groups -OCH3 is 1. The Balaban J connectivity index is 2.61. The van der Waals surface area contributed by atoms with Crippen LogP contribution in [0, 0.1) is 5.82 Å². The van der Waals surface area contributed by atoms with Crippen LogP contribution in [-0.2, 0) is 4.74 Å². The molecule has 0 fully saturated rings. The Labute approximate surface area is 88.9 Å². The second-order valence-corrected chi connectivity index (χ2v) is 3.20. The van der Waals surface area contributed by atoms with Crippen molar-refractivity contribution in [2.45, 2.75) is 6.04 Å². The van der Waals surface area contributed by atoms with Crippen LogP contribution in [0.2, 0.25) is 0 Å². The molecule has 1 unspecified atom stereocenters. The summed E-state index contributed by atoms with van der Waals surface area (Å²) in [6.07, 6.45) is 0. The SMILES string of the molecule is COCCNC(CO)c1ccccc1F. The highest BCUT2D eigenvalue weighted by Gasteiger charge is 2.12. The third-order valence-corrected chi connectivity index (χ3v) is 2.16. The molecule has 0 heterocycles. The fraction of sp³-hybridized carbons (Fsp3) is 0.455. The van der Waals surface area contributed by atoms with E-state index in [-0.39, 0.29) is 18.5 Å². The monoisotopic (exact) mass is 213 g/mol. The van der Waals surface area contributed by atoms with Gasteiger partial charge in [-0.05, 0) is 6.07 Å². The quantitative estimate of drug-likeness (QED) is 0.695. The zero-order valence-corrected chi connectivity index (χ0v) is 8.74. The van der Waals surface area contributed by atoms with Crippen molar-refractivity contribution in [3.05, 3.63) is 35.6 Å². The number of aliphatic hydroxyl groups is 1. The molecule has 0 amide bonds. The fourth-order valence-corrected chi connectivity index (χ4v) is 1.37. The van der Waals surface area contributed by atoms with Crippen LogP contribution in [0.25, 0.3) is 0 Å². The Morgan fingerprint density at radius 3 is 2.80 bits per heavy atom. The first-order valence-electron chi connectivity index (χ1n) is 4.87. The molecular weight excluding hydrogens is 197 g/mol. The minimum atomic E-state index is -0.374. The van der Waals surface area contributed by atoms with Crippen molar-refractivity contribution in [1.82, 2.24) is 5.32 Å². The lowest BCUT2D eigenvalue weighted by Crippen LogP contribution is -2.28. The van der Waals surface area contributed by atoms with Crippen LogP contribution in [-0.4, -0.2) is 32.0 Å². The highest BCUT2D eigenvalue weighted by Crippen LogP contribution is 2.15. The molecule has 3 nitrogen and oxygen atoms in total. The summed E-state index contributed by atoms with van der Waals surface area (Å²) in [5, 5.41) is 12.1. The average molecular weight is 213 g/mol. The van der Waals surface area contributed by atoms with E-state index >= 15 is 0 Å². The number of halogens is 1. The lowest BCUT2D eigenvalue weighted by molar-refractivity contribution is 0.183. The van der Waals surface area contributed by atoms with E-state index in [9.17, 15) is 4.39 Å². The molecular formula is C11H16FNO2. The van der Waals surface area contributed by atoms with Gasteiger partial charge in [0.2, 0.25) is 0 Å². The summed E-state index contributed by atoms with van der Waals surface area (Å²) in [7, 11) is 1.60. The molecule has 0 bridgehead atoms. The van der Waals surface area contributed by atoms with E-state index in [1.54, 1.807) is 25.3 Å². The number of hydrogen-bond acceptors (Lipinski definition) is 3. The minimum absolute atomic E-state index is 0.134. The van der Waals surface area contributed by atoms with E-state index in [4.69, 9.17) is 9.84 Å². The van der Waals surface area contributed by atoms with Crippen LogP contribution in [0.5, 0.6) is 0 Å². The molecule has 0 spiro atoms. The van der Waals surface area contributed by atoms with Crippen molar-refractivity contribution in [2.75, 3.05) is 26.9 Å². The highest BCUT2D eigenvalue weighted by atomic mass is 19.1. The first-order valence-corrected chi connectivity index (χ1v) is 4.87. The predicted molar refractivity (Wildman–Crippen MR) is 56.1 cm³/mol. The smallest absolute Gasteiger partial charge is 0.128 e. The van der Waals surface area contributed by atoms with E-state index in [1.165, 1.54) is 6.07 Å². The average Bonchev–Trinajstić information content (AvgIpc) is 2.26. The van der Waals surface area contributed by atoms with Gasteiger partial charge in [-0.25, -0.2) is 4.39 Å². The van der Waals surface area contributed by atoms with E-state index in [0.717, 1.165) is 0 Å². The molecule has 4 heteroatoms. The summed E-state index contributed by atoms with van der Waals surface area (Å²) in [6.45, 7) is 0.978. The number of benzene rings is 1. The fourth-order valence-electron chi connectivity index (χ4n) is 1.37. The van der Waals surface area contributed by atoms with Gasteiger partial charge in [0.15, 0.2) is 0 Å². The van der Waals surface area contributed by atoms with E-state index in [2.05, 4.69) is 5.32 Å². The molecule has 15 heavy (non-hydrogen) atoms. The second kappa shape index (κ2) is 6.50. The summed E-state index contributed by atoms with van der Waals surface area (Å²) in [5.41, 5.74) is 0.483. The summed E-state index contributed by atoms with van der Waals surface area (Å²) in [5.74, 6) is -0.304. The first kappa shape index (κ1) is 12.1. The molecule has 1 aromatic carbocycles. The molecule has 0 aliphatic heterocycles. The molecule has 0 aliphatic carbocycles. The Hall–Kier alpha value is -0.970. The zero-order valence-electron chi connectivity index (χ0n) is 8.74.